The molecule has 0 aliphatic rings. The molecule has 9 nitrogen and oxygen atoms in total. The highest BCUT2D eigenvalue weighted by Gasteiger charge is 2.33. The average molecular weight is 466 g/mol. The monoisotopic (exact) mass is 465 g/mol. The van der Waals surface area contributed by atoms with Crippen molar-refractivity contribution in [2.75, 3.05) is 23.3 Å². The van der Waals surface area contributed by atoms with Crippen molar-refractivity contribution < 1.29 is 9.59 Å². The smallest absolute Gasteiger partial charge is 0.254 e. The number of hydrogen-bond acceptors (Lipinski definition) is 7. The summed E-state index contributed by atoms with van der Waals surface area (Å²) in [4.78, 5) is 27.1. The highest BCUT2D eigenvalue weighted by molar-refractivity contribution is 5.93. The molecule has 182 valence electrons. The van der Waals surface area contributed by atoms with Gasteiger partial charge in [0.2, 0.25) is 5.91 Å². The first-order valence-electron chi connectivity index (χ1n) is 11.4. The van der Waals surface area contributed by atoms with Crippen molar-refractivity contribution >= 4 is 34.7 Å². The second-order valence-corrected chi connectivity index (χ2v) is 10.1. The molecule has 0 saturated heterocycles. The fourth-order valence-electron chi connectivity index (χ4n) is 3.38. The molecule has 0 fully saturated rings. The largest absolute Gasteiger partial charge is 0.372 e. The molecule has 1 N–H and O–H groups in total. The Labute approximate surface area is 201 Å². The lowest BCUT2D eigenvalue weighted by molar-refractivity contribution is -0.114. The summed E-state index contributed by atoms with van der Waals surface area (Å²) >= 11 is 0. The summed E-state index contributed by atoms with van der Waals surface area (Å²) in [5.41, 5.74) is 1.28. The summed E-state index contributed by atoms with van der Waals surface area (Å²) < 4.78 is 1.17. The van der Waals surface area contributed by atoms with Crippen LogP contribution in [0, 0.1) is 16.7 Å². The third kappa shape index (κ3) is 5.87. The van der Waals surface area contributed by atoms with Crippen molar-refractivity contribution in [3.63, 3.8) is 0 Å². The molecule has 0 aliphatic heterocycles. The zero-order valence-electron chi connectivity index (χ0n) is 21.6. The molecule has 0 saturated carbocycles. The van der Waals surface area contributed by atoms with E-state index >= 15 is 0 Å². The number of azo groups is 1. The number of nitrogens with one attached hydrogen (secondary N) is 1. The minimum absolute atomic E-state index is 0.0777. The van der Waals surface area contributed by atoms with E-state index in [2.05, 4.69) is 45.5 Å². The van der Waals surface area contributed by atoms with Crippen LogP contribution in [-0.2, 0) is 10.2 Å². The third-order valence-electron chi connectivity index (χ3n) is 5.19. The molecule has 1 aromatic heterocycles. The van der Waals surface area contributed by atoms with E-state index < -0.39 is 10.8 Å². The van der Waals surface area contributed by atoms with Gasteiger partial charge in [-0.05, 0) is 32.0 Å². The number of rotatable bonds is 6. The number of amides is 1. The molecule has 0 radical (unpaired) electrons. The van der Waals surface area contributed by atoms with Crippen molar-refractivity contribution in [2.24, 2.45) is 15.6 Å². The summed E-state index contributed by atoms with van der Waals surface area (Å²) in [5, 5.41) is 25.8. The van der Waals surface area contributed by atoms with Gasteiger partial charge in [-0.25, -0.2) is 0 Å². The maximum absolute atomic E-state index is 13.1. The van der Waals surface area contributed by atoms with Crippen LogP contribution in [0.15, 0.2) is 28.4 Å². The number of nitrogens with zero attached hydrogens (tertiary/aromatic N) is 6. The Morgan fingerprint density at radius 1 is 1.12 bits per heavy atom. The Hall–Kier alpha value is -3.54. The standard InChI is InChI=1S/C25H35N7O2/c1-10-31(11-2)17-12-13-19(20(14-17)27-16(3)33)28-29-22-18(15-26)21(24(4,5)6)30-32(22)23(34)25(7,8)9/h12-14H,10-11H2,1-9H3,(H,27,33)/b29-28+. The van der Waals surface area contributed by atoms with E-state index in [0.29, 0.717) is 17.1 Å². The predicted octanol–water partition coefficient (Wildman–Crippen LogP) is 5.96. The second-order valence-electron chi connectivity index (χ2n) is 10.1. The maximum Gasteiger partial charge on any atom is 0.254 e. The molecular formula is C25H35N7O2. The lowest BCUT2D eigenvalue weighted by Gasteiger charge is -2.22. The first kappa shape index (κ1) is 26.7. The molecule has 1 heterocycles. The molecule has 9 heteroatoms. The quantitative estimate of drug-likeness (QED) is 0.529. The molecule has 1 aromatic carbocycles. The second kappa shape index (κ2) is 10.2. The Kier molecular flexibility index (Phi) is 7.98. The highest BCUT2D eigenvalue weighted by atomic mass is 16.2. The van der Waals surface area contributed by atoms with Gasteiger partial charge >= 0.3 is 0 Å². The van der Waals surface area contributed by atoms with Crippen molar-refractivity contribution in [1.82, 2.24) is 9.78 Å². The first-order valence-corrected chi connectivity index (χ1v) is 11.4. The van der Waals surface area contributed by atoms with Crippen LogP contribution in [0.2, 0.25) is 0 Å². The van der Waals surface area contributed by atoms with Crippen LogP contribution in [-0.4, -0.2) is 34.7 Å². The van der Waals surface area contributed by atoms with Gasteiger partial charge < -0.3 is 10.2 Å². The van der Waals surface area contributed by atoms with Gasteiger partial charge in [-0.1, -0.05) is 41.5 Å². The van der Waals surface area contributed by atoms with Gasteiger partial charge in [-0.3, -0.25) is 9.59 Å². The summed E-state index contributed by atoms with van der Waals surface area (Å²) in [6.45, 7) is 18.3. The molecule has 2 aromatic rings. The molecule has 0 atom stereocenters. The van der Waals surface area contributed by atoms with Crippen molar-refractivity contribution in [3.8, 4) is 6.07 Å². The van der Waals surface area contributed by atoms with Gasteiger partial charge in [-0.2, -0.15) is 15.0 Å². The van der Waals surface area contributed by atoms with Gasteiger partial charge in [0.1, 0.15) is 17.3 Å². The molecular weight excluding hydrogens is 430 g/mol. The molecule has 0 spiro atoms. The minimum atomic E-state index is -0.745. The van der Waals surface area contributed by atoms with Crippen LogP contribution in [0.5, 0.6) is 0 Å². The molecule has 0 bridgehead atoms. The lowest BCUT2D eigenvalue weighted by atomic mass is 9.90. The van der Waals surface area contributed by atoms with Crippen LogP contribution in [0.1, 0.15) is 78.4 Å². The summed E-state index contributed by atoms with van der Waals surface area (Å²) in [7, 11) is 0. The number of hydrogen-bond donors (Lipinski definition) is 1. The van der Waals surface area contributed by atoms with E-state index in [9.17, 15) is 14.9 Å². The highest BCUT2D eigenvalue weighted by Crippen LogP contribution is 2.36. The predicted molar refractivity (Wildman–Crippen MR) is 134 cm³/mol. The van der Waals surface area contributed by atoms with Crippen molar-refractivity contribution in [1.29, 1.82) is 5.26 Å². The fourth-order valence-corrected chi connectivity index (χ4v) is 3.38. The Morgan fingerprint density at radius 2 is 1.74 bits per heavy atom. The van der Waals surface area contributed by atoms with Crippen LogP contribution in [0.4, 0.5) is 22.9 Å². The van der Waals surface area contributed by atoms with E-state index in [1.165, 1.54) is 11.6 Å². The summed E-state index contributed by atoms with van der Waals surface area (Å²) in [5.74, 6) is -0.463. The number of benzene rings is 1. The van der Waals surface area contributed by atoms with E-state index in [1.54, 1.807) is 26.8 Å². The van der Waals surface area contributed by atoms with Gasteiger partial charge in [0, 0.05) is 36.5 Å². The maximum atomic E-state index is 13.1. The first-order chi connectivity index (χ1) is 15.7. The zero-order valence-corrected chi connectivity index (χ0v) is 21.6. The third-order valence-corrected chi connectivity index (χ3v) is 5.19. The fraction of sp³-hybridized carbons (Fsp3) is 0.520. The normalized spacial score (nSPS) is 12.0. The minimum Gasteiger partial charge on any atom is -0.372 e. The van der Waals surface area contributed by atoms with Gasteiger partial charge in [0.05, 0.1) is 11.4 Å². The molecule has 34 heavy (non-hydrogen) atoms. The Balaban J connectivity index is 2.70. The average Bonchev–Trinajstić information content (AvgIpc) is 3.11. The van der Waals surface area contributed by atoms with Crippen LogP contribution in [0.25, 0.3) is 0 Å². The van der Waals surface area contributed by atoms with E-state index in [-0.39, 0.29) is 23.2 Å². The Bertz CT molecular complexity index is 1140. The lowest BCUT2D eigenvalue weighted by Crippen LogP contribution is -2.28. The Morgan fingerprint density at radius 3 is 2.21 bits per heavy atom. The topological polar surface area (TPSA) is 116 Å². The van der Waals surface area contributed by atoms with Gasteiger partial charge in [0.25, 0.3) is 5.91 Å². The molecule has 0 unspecified atom stereocenters. The van der Waals surface area contributed by atoms with Gasteiger partial charge in [0.15, 0.2) is 5.82 Å². The number of carbonyl (C=O) groups excluding carboxylic acids is 2. The SMILES string of the molecule is CCN(CC)c1ccc(/N=N/c2c(C#N)c(C(C)(C)C)nn2C(=O)C(C)(C)C)c(NC(C)=O)c1. The molecule has 1 amide bonds. The molecule has 2 rings (SSSR count). The number of aromatic nitrogens is 2. The zero-order chi connectivity index (χ0) is 25.8. The van der Waals surface area contributed by atoms with Crippen molar-refractivity contribution in [2.45, 2.75) is 67.7 Å². The van der Waals surface area contributed by atoms with Crippen molar-refractivity contribution in [3.05, 3.63) is 29.5 Å². The van der Waals surface area contributed by atoms with E-state index in [0.717, 1.165) is 18.8 Å². The molecule has 0 aliphatic carbocycles. The van der Waals surface area contributed by atoms with Crippen LogP contribution < -0.4 is 10.2 Å². The number of nitriles is 1. The number of anilines is 2. The number of carbonyl (C=O) groups is 2. The van der Waals surface area contributed by atoms with Crippen LogP contribution >= 0.6 is 0 Å². The van der Waals surface area contributed by atoms with E-state index in [1.807, 2.05) is 32.9 Å². The summed E-state index contributed by atoms with van der Waals surface area (Å²) in [6, 6.07) is 7.65. The van der Waals surface area contributed by atoms with E-state index in [4.69, 9.17) is 0 Å². The summed E-state index contributed by atoms with van der Waals surface area (Å²) in [6.07, 6.45) is 0. The van der Waals surface area contributed by atoms with Crippen LogP contribution in [0.3, 0.4) is 0 Å². The van der Waals surface area contributed by atoms with Gasteiger partial charge in [-0.15, -0.1) is 10.2 Å².